The molecule has 24 heavy (non-hydrogen) atoms. The molecule has 1 heterocycles. The standard InChI is InChI=1S/C20H20FN2O/c21-18-10-8-17(9-11-18)20(24)22-19-7-4-13-23(15-19)14-12-16-5-2-1-3-6-16/h1-3,5-6,8-11H,4,12-15H2,(H,22,24). The summed E-state index contributed by atoms with van der Waals surface area (Å²) in [6.45, 7) is 2.57. The number of amides is 1. The number of nitrogens with one attached hydrogen (secondary N) is 1. The monoisotopic (exact) mass is 323 g/mol. The van der Waals surface area contributed by atoms with Crippen LogP contribution in [-0.2, 0) is 6.42 Å². The number of hydrogen-bond acceptors (Lipinski definition) is 2. The highest BCUT2D eigenvalue weighted by Crippen LogP contribution is 2.10. The van der Waals surface area contributed by atoms with Crippen molar-refractivity contribution in [3.05, 3.63) is 83.3 Å². The molecule has 0 atom stereocenters. The molecule has 1 radical (unpaired) electrons. The van der Waals surface area contributed by atoms with Gasteiger partial charge in [0.05, 0.1) is 0 Å². The van der Waals surface area contributed by atoms with Crippen LogP contribution in [0.25, 0.3) is 0 Å². The molecular formula is C20H20FN2O. The largest absolute Gasteiger partial charge is 0.324 e. The molecule has 1 aliphatic rings. The zero-order valence-corrected chi connectivity index (χ0v) is 13.5. The molecule has 0 aliphatic carbocycles. The Balaban J connectivity index is 1.52. The van der Waals surface area contributed by atoms with Crippen LogP contribution in [0.1, 0.15) is 22.3 Å². The highest BCUT2D eigenvalue weighted by Gasteiger charge is 2.15. The van der Waals surface area contributed by atoms with Crippen molar-refractivity contribution in [1.82, 2.24) is 10.2 Å². The molecule has 123 valence electrons. The van der Waals surface area contributed by atoms with E-state index in [4.69, 9.17) is 0 Å². The fraction of sp³-hybridized carbons (Fsp3) is 0.250. The van der Waals surface area contributed by atoms with Crippen molar-refractivity contribution >= 4 is 5.91 Å². The van der Waals surface area contributed by atoms with Gasteiger partial charge in [-0.25, -0.2) is 4.39 Å². The van der Waals surface area contributed by atoms with Crippen LogP contribution in [0.3, 0.4) is 0 Å². The van der Waals surface area contributed by atoms with Crippen LogP contribution in [-0.4, -0.2) is 30.4 Å². The molecular weight excluding hydrogens is 303 g/mol. The Morgan fingerprint density at radius 1 is 1.12 bits per heavy atom. The van der Waals surface area contributed by atoms with E-state index in [1.165, 1.54) is 29.8 Å². The van der Waals surface area contributed by atoms with Gasteiger partial charge in [-0.15, -0.1) is 0 Å². The number of hydrogen-bond donors (Lipinski definition) is 1. The minimum absolute atomic E-state index is 0.220. The second-order valence-electron chi connectivity index (χ2n) is 5.88. The summed E-state index contributed by atoms with van der Waals surface area (Å²) in [6, 6.07) is 15.9. The van der Waals surface area contributed by atoms with Gasteiger partial charge in [-0.2, -0.15) is 0 Å². The summed E-state index contributed by atoms with van der Waals surface area (Å²) in [6.07, 6.45) is 5.01. The van der Waals surface area contributed by atoms with Gasteiger partial charge in [0, 0.05) is 30.9 Å². The first-order valence-corrected chi connectivity index (χ1v) is 8.13. The number of benzene rings is 2. The van der Waals surface area contributed by atoms with Gasteiger partial charge in [0.15, 0.2) is 0 Å². The summed E-state index contributed by atoms with van der Waals surface area (Å²) >= 11 is 0. The smallest absolute Gasteiger partial charge is 0.255 e. The molecule has 1 aliphatic heterocycles. The van der Waals surface area contributed by atoms with Gasteiger partial charge in [-0.05, 0) is 48.7 Å². The third-order valence-electron chi connectivity index (χ3n) is 4.08. The van der Waals surface area contributed by atoms with Gasteiger partial charge in [-0.1, -0.05) is 30.3 Å². The zero-order chi connectivity index (χ0) is 16.8. The van der Waals surface area contributed by atoms with E-state index in [0.29, 0.717) is 12.1 Å². The van der Waals surface area contributed by atoms with Crippen molar-refractivity contribution < 1.29 is 9.18 Å². The molecule has 4 heteroatoms. The molecule has 0 spiro atoms. The lowest BCUT2D eigenvalue weighted by molar-refractivity contribution is 0.0960. The normalized spacial score (nSPS) is 15.0. The van der Waals surface area contributed by atoms with E-state index in [0.717, 1.165) is 31.6 Å². The highest BCUT2D eigenvalue weighted by atomic mass is 19.1. The van der Waals surface area contributed by atoms with Gasteiger partial charge < -0.3 is 5.32 Å². The summed E-state index contributed by atoms with van der Waals surface area (Å²) < 4.78 is 12.9. The molecule has 0 bridgehead atoms. The second kappa shape index (κ2) is 7.88. The summed E-state index contributed by atoms with van der Waals surface area (Å²) in [5.41, 5.74) is 2.56. The molecule has 0 saturated heterocycles. The van der Waals surface area contributed by atoms with Crippen molar-refractivity contribution in [2.45, 2.75) is 12.8 Å². The van der Waals surface area contributed by atoms with Crippen LogP contribution >= 0.6 is 0 Å². The third kappa shape index (κ3) is 4.52. The maximum Gasteiger partial charge on any atom is 0.255 e. The maximum absolute atomic E-state index is 12.9. The van der Waals surface area contributed by atoms with Gasteiger partial charge in [0.2, 0.25) is 0 Å². The summed E-state index contributed by atoms with van der Waals surface area (Å²) in [4.78, 5) is 14.5. The van der Waals surface area contributed by atoms with Crippen LogP contribution in [0, 0.1) is 11.9 Å². The first-order valence-electron chi connectivity index (χ1n) is 8.13. The molecule has 3 rings (SSSR count). The second-order valence-corrected chi connectivity index (χ2v) is 5.88. The van der Waals surface area contributed by atoms with Crippen molar-refractivity contribution in [3.63, 3.8) is 0 Å². The Labute approximate surface area is 141 Å². The van der Waals surface area contributed by atoms with Crippen molar-refractivity contribution in [2.75, 3.05) is 19.6 Å². The number of rotatable bonds is 5. The average molecular weight is 323 g/mol. The van der Waals surface area contributed by atoms with Gasteiger partial charge >= 0.3 is 0 Å². The first-order chi connectivity index (χ1) is 11.7. The highest BCUT2D eigenvalue weighted by molar-refractivity contribution is 5.95. The topological polar surface area (TPSA) is 32.3 Å². The molecule has 1 N–H and O–H groups in total. The Bertz CT molecular complexity index is 710. The van der Waals surface area contributed by atoms with E-state index in [-0.39, 0.29) is 11.7 Å². The van der Waals surface area contributed by atoms with Crippen molar-refractivity contribution in [2.24, 2.45) is 0 Å². The van der Waals surface area contributed by atoms with E-state index >= 15 is 0 Å². The lowest BCUT2D eigenvalue weighted by Crippen LogP contribution is -2.37. The van der Waals surface area contributed by atoms with E-state index in [1.807, 2.05) is 18.2 Å². The van der Waals surface area contributed by atoms with Crippen LogP contribution in [0.5, 0.6) is 0 Å². The number of carbonyl (C=O) groups is 1. The lowest BCUT2D eigenvalue weighted by Gasteiger charge is -2.27. The van der Waals surface area contributed by atoms with Crippen LogP contribution < -0.4 is 5.32 Å². The van der Waals surface area contributed by atoms with E-state index in [2.05, 4.69) is 28.4 Å². The Kier molecular flexibility index (Phi) is 5.39. The summed E-state index contributed by atoms with van der Waals surface area (Å²) in [5.74, 6) is -0.565. The molecule has 0 unspecified atom stereocenters. The minimum atomic E-state index is -0.345. The fourth-order valence-corrected chi connectivity index (χ4v) is 2.74. The predicted octanol–water partition coefficient (Wildman–Crippen LogP) is 3.19. The maximum atomic E-state index is 12.9. The first kappa shape index (κ1) is 16.4. The lowest BCUT2D eigenvalue weighted by atomic mass is 10.1. The number of nitrogens with zero attached hydrogens (tertiary/aromatic N) is 1. The van der Waals surface area contributed by atoms with E-state index in [1.54, 1.807) is 0 Å². The minimum Gasteiger partial charge on any atom is -0.324 e. The molecule has 0 saturated carbocycles. The van der Waals surface area contributed by atoms with Gasteiger partial charge in [-0.3, -0.25) is 9.69 Å². The SMILES string of the molecule is O=C(NC1=[C]CCN(CCc2ccccc2)C1)c1ccc(F)cc1. The Morgan fingerprint density at radius 2 is 1.88 bits per heavy atom. The van der Waals surface area contributed by atoms with Gasteiger partial charge in [0.1, 0.15) is 5.82 Å². The van der Waals surface area contributed by atoms with E-state index in [9.17, 15) is 9.18 Å². The Hall–Kier alpha value is -2.46. The zero-order valence-electron chi connectivity index (χ0n) is 13.5. The fourth-order valence-electron chi connectivity index (χ4n) is 2.74. The molecule has 2 aromatic rings. The van der Waals surface area contributed by atoms with Crippen LogP contribution in [0.4, 0.5) is 4.39 Å². The molecule has 3 nitrogen and oxygen atoms in total. The third-order valence-corrected chi connectivity index (χ3v) is 4.08. The van der Waals surface area contributed by atoms with Crippen molar-refractivity contribution in [3.8, 4) is 0 Å². The number of halogens is 1. The molecule has 2 aromatic carbocycles. The van der Waals surface area contributed by atoms with Crippen LogP contribution in [0.15, 0.2) is 60.3 Å². The molecule has 1 amide bonds. The van der Waals surface area contributed by atoms with E-state index < -0.39 is 0 Å². The predicted molar refractivity (Wildman–Crippen MR) is 91.8 cm³/mol. The molecule has 0 fully saturated rings. The average Bonchev–Trinajstić information content (AvgIpc) is 2.62. The number of carbonyl (C=O) groups excluding carboxylic acids is 1. The summed E-state index contributed by atoms with van der Waals surface area (Å²) in [7, 11) is 0. The summed E-state index contributed by atoms with van der Waals surface area (Å²) in [5, 5.41) is 2.89. The van der Waals surface area contributed by atoms with Crippen molar-refractivity contribution in [1.29, 1.82) is 0 Å². The quantitative estimate of drug-likeness (QED) is 0.916. The Morgan fingerprint density at radius 3 is 2.62 bits per heavy atom. The molecule has 0 aromatic heterocycles. The van der Waals surface area contributed by atoms with Crippen LogP contribution in [0.2, 0.25) is 0 Å². The van der Waals surface area contributed by atoms with Gasteiger partial charge in [0.25, 0.3) is 5.91 Å².